The fourth-order valence-electron chi connectivity index (χ4n) is 2.49. The summed E-state index contributed by atoms with van der Waals surface area (Å²) < 4.78 is 0. The first kappa shape index (κ1) is 17.7. The lowest BCUT2D eigenvalue weighted by Gasteiger charge is -2.10. The van der Waals surface area contributed by atoms with Crippen LogP contribution in [-0.4, -0.2) is 11.8 Å². The van der Waals surface area contributed by atoms with Crippen molar-refractivity contribution < 1.29 is 9.59 Å². The van der Waals surface area contributed by atoms with E-state index >= 15 is 0 Å². The molecule has 0 unspecified atom stereocenters. The van der Waals surface area contributed by atoms with Crippen molar-refractivity contribution in [2.75, 3.05) is 10.6 Å². The van der Waals surface area contributed by atoms with Gasteiger partial charge >= 0.3 is 0 Å². The minimum atomic E-state index is -0.287. The number of amides is 2. The number of hydrogen-bond donors (Lipinski definition) is 2. The molecule has 3 aromatic rings. The molecule has 4 nitrogen and oxygen atoms in total. The van der Waals surface area contributed by atoms with Crippen molar-refractivity contribution in [2.24, 2.45) is 0 Å². The molecular formula is C21H17ClN2O2. The first-order valence-electron chi connectivity index (χ1n) is 8.07. The van der Waals surface area contributed by atoms with Crippen molar-refractivity contribution in [1.29, 1.82) is 0 Å². The van der Waals surface area contributed by atoms with E-state index in [1.54, 1.807) is 54.6 Å². The minimum absolute atomic E-state index is 0.270. The summed E-state index contributed by atoms with van der Waals surface area (Å²) in [6, 6.07) is 21.0. The van der Waals surface area contributed by atoms with E-state index in [2.05, 4.69) is 10.6 Å². The van der Waals surface area contributed by atoms with Gasteiger partial charge in [-0.3, -0.25) is 9.59 Å². The van der Waals surface area contributed by atoms with Gasteiger partial charge in [-0.2, -0.15) is 0 Å². The Balaban J connectivity index is 1.76. The van der Waals surface area contributed by atoms with Crippen LogP contribution in [0.5, 0.6) is 0 Å². The summed E-state index contributed by atoms with van der Waals surface area (Å²) in [7, 11) is 0. The third-order valence-electron chi connectivity index (χ3n) is 3.86. The van der Waals surface area contributed by atoms with E-state index in [0.29, 0.717) is 27.5 Å². The maximum atomic E-state index is 12.5. The molecule has 2 N–H and O–H groups in total. The average molecular weight is 365 g/mol. The van der Waals surface area contributed by atoms with Gasteiger partial charge in [0.2, 0.25) is 0 Å². The molecule has 0 saturated carbocycles. The highest BCUT2D eigenvalue weighted by atomic mass is 35.5. The van der Waals surface area contributed by atoms with Crippen molar-refractivity contribution >= 4 is 34.8 Å². The van der Waals surface area contributed by atoms with Crippen LogP contribution in [-0.2, 0) is 0 Å². The van der Waals surface area contributed by atoms with E-state index in [4.69, 9.17) is 11.6 Å². The summed E-state index contributed by atoms with van der Waals surface area (Å²) >= 11 is 5.94. The molecular weight excluding hydrogens is 348 g/mol. The number of carbonyl (C=O) groups is 2. The minimum Gasteiger partial charge on any atom is -0.322 e. The quantitative estimate of drug-likeness (QED) is 0.672. The molecule has 0 fully saturated rings. The van der Waals surface area contributed by atoms with Crippen molar-refractivity contribution in [3.8, 4) is 0 Å². The molecule has 0 bridgehead atoms. The van der Waals surface area contributed by atoms with Gasteiger partial charge in [-0.25, -0.2) is 0 Å². The van der Waals surface area contributed by atoms with Gasteiger partial charge in [-0.1, -0.05) is 35.9 Å². The Kier molecular flexibility index (Phi) is 5.34. The molecule has 0 aliphatic carbocycles. The number of hydrogen-bond acceptors (Lipinski definition) is 2. The summed E-state index contributed by atoms with van der Waals surface area (Å²) in [4.78, 5) is 24.9. The van der Waals surface area contributed by atoms with Crippen molar-refractivity contribution in [3.63, 3.8) is 0 Å². The summed E-state index contributed by atoms with van der Waals surface area (Å²) in [5.41, 5.74) is 3.06. The SMILES string of the molecule is Cc1cc(Cl)ccc1NC(=O)c1cccc(C(=O)Nc2ccccc2)c1. The summed E-state index contributed by atoms with van der Waals surface area (Å²) in [6.45, 7) is 1.87. The van der Waals surface area contributed by atoms with Crippen LogP contribution >= 0.6 is 11.6 Å². The molecule has 0 spiro atoms. The molecule has 0 radical (unpaired) electrons. The van der Waals surface area contributed by atoms with E-state index in [-0.39, 0.29) is 11.8 Å². The Morgan fingerprint density at radius 3 is 2.08 bits per heavy atom. The van der Waals surface area contributed by atoms with Crippen LogP contribution in [0.25, 0.3) is 0 Å². The number of nitrogens with one attached hydrogen (secondary N) is 2. The fraction of sp³-hybridized carbons (Fsp3) is 0.0476. The van der Waals surface area contributed by atoms with Gasteiger partial charge in [0.25, 0.3) is 11.8 Å². The molecule has 130 valence electrons. The van der Waals surface area contributed by atoms with Crippen LogP contribution in [0.1, 0.15) is 26.3 Å². The predicted molar refractivity (Wildman–Crippen MR) is 105 cm³/mol. The second-order valence-corrected chi connectivity index (χ2v) is 6.25. The Hall–Kier alpha value is -3.11. The Morgan fingerprint density at radius 1 is 0.769 bits per heavy atom. The highest BCUT2D eigenvalue weighted by Crippen LogP contribution is 2.20. The van der Waals surface area contributed by atoms with E-state index in [1.807, 2.05) is 25.1 Å². The highest BCUT2D eigenvalue weighted by molar-refractivity contribution is 6.30. The molecule has 26 heavy (non-hydrogen) atoms. The largest absolute Gasteiger partial charge is 0.322 e. The third kappa shape index (κ3) is 4.29. The van der Waals surface area contributed by atoms with Crippen molar-refractivity contribution in [3.05, 3.63) is 94.5 Å². The van der Waals surface area contributed by atoms with Crippen molar-refractivity contribution in [2.45, 2.75) is 6.92 Å². The number of para-hydroxylation sites is 1. The molecule has 0 saturated heterocycles. The van der Waals surface area contributed by atoms with E-state index in [1.165, 1.54) is 0 Å². The van der Waals surface area contributed by atoms with Crippen LogP contribution in [0.4, 0.5) is 11.4 Å². The van der Waals surface area contributed by atoms with Gasteiger partial charge in [0, 0.05) is 27.5 Å². The van der Waals surface area contributed by atoms with Gasteiger partial charge in [-0.15, -0.1) is 0 Å². The molecule has 0 aromatic heterocycles. The summed E-state index contributed by atoms with van der Waals surface area (Å²) in [5, 5.41) is 6.26. The Bertz CT molecular complexity index is 955. The molecule has 0 aliphatic rings. The summed E-state index contributed by atoms with van der Waals surface area (Å²) in [6.07, 6.45) is 0. The van der Waals surface area contributed by atoms with Crippen LogP contribution in [0.2, 0.25) is 5.02 Å². The molecule has 0 heterocycles. The van der Waals surface area contributed by atoms with Gasteiger partial charge in [-0.05, 0) is 61.0 Å². The normalized spacial score (nSPS) is 10.2. The van der Waals surface area contributed by atoms with Gasteiger partial charge in [0.15, 0.2) is 0 Å². The summed E-state index contributed by atoms with van der Waals surface area (Å²) in [5.74, 6) is -0.557. The smallest absolute Gasteiger partial charge is 0.255 e. The third-order valence-corrected chi connectivity index (χ3v) is 4.09. The first-order valence-corrected chi connectivity index (χ1v) is 8.45. The molecule has 5 heteroatoms. The van der Waals surface area contributed by atoms with Crippen molar-refractivity contribution in [1.82, 2.24) is 0 Å². The zero-order chi connectivity index (χ0) is 18.5. The maximum Gasteiger partial charge on any atom is 0.255 e. The Morgan fingerprint density at radius 2 is 1.42 bits per heavy atom. The zero-order valence-corrected chi connectivity index (χ0v) is 14.9. The van der Waals surface area contributed by atoms with Crippen LogP contribution in [0.15, 0.2) is 72.8 Å². The average Bonchev–Trinajstić information content (AvgIpc) is 2.65. The van der Waals surface area contributed by atoms with E-state index < -0.39 is 0 Å². The molecule has 0 atom stereocenters. The molecule has 3 rings (SSSR count). The molecule has 2 amide bonds. The lowest BCUT2D eigenvalue weighted by molar-refractivity contribution is 0.102. The van der Waals surface area contributed by atoms with Crippen LogP contribution in [0, 0.1) is 6.92 Å². The van der Waals surface area contributed by atoms with Crippen LogP contribution in [0.3, 0.4) is 0 Å². The van der Waals surface area contributed by atoms with Gasteiger partial charge < -0.3 is 10.6 Å². The topological polar surface area (TPSA) is 58.2 Å². The monoisotopic (exact) mass is 364 g/mol. The van der Waals surface area contributed by atoms with E-state index in [0.717, 1.165) is 5.56 Å². The number of carbonyl (C=O) groups excluding carboxylic acids is 2. The number of aryl methyl sites for hydroxylation is 1. The molecule has 3 aromatic carbocycles. The maximum absolute atomic E-state index is 12.5. The Labute approximate surface area is 156 Å². The fourth-order valence-corrected chi connectivity index (χ4v) is 2.71. The number of halogens is 1. The predicted octanol–water partition coefficient (Wildman–Crippen LogP) is 5.15. The van der Waals surface area contributed by atoms with E-state index in [9.17, 15) is 9.59 Å². The zero-order valence-electron chi connectivity index (χ0n) is 14.1. The first-order chi connectivity index (χ1) is 12.5. The lowest BCUT2D eigenvalue weighted by Crippen LogP contribution is -2.16. The number of anilines is 2. The second kappa shape index (κ2) is 7.85. The van der Waals surface area contributed by atoms with Crippen LogP contribution < -0.4 is 10.6 Å². The molecule has 0 aliphatic heterocycles. The van der Waals surface area contributed by atoms with Gasteiger partial charge in [0.05, 0.1) is 0 Å². The standard InChI is InChI=1S/C21H17ClN2O2/c1-14-12-17(22)10-11-19(14)24-21(26)16-7-5-6-15(13-16)20(25)23-18-8-3-2-4-9-18/h2-13H,1H3,(H,23,25)(H,24,26). The second-order valence-electron chi connectivity index (χ2n) is 5.81. The lowest BCUT2D eigenvalue weighted by atomic mass is 10.1. The number of rotatable bonds is 4. The highest BCUT2D eigenvalue weighted by Gasteiger charge is 2.12. The van der Waals surface area contributed by atoms with Gasteiger partial charge in [0.1, 0.15) is 0 Å². The number of benzene rings is 3.